The molecule has 0 radical (unpaired) electrons. The molecular weight excluding hydrogens is 527 g/mol. The van der Waals surface area contributed by atoms with Gasteiger partial charge in [0.05, 0.1) is 11.8 Å². The minimum atomic E-state index is -0.448. The fourth-order valence-corrected chi connectivity index (χ4v) is 5.84. The van der Waals surface area contributed by atoms with Crippen LogP contribution < -0.4 is 22.5 Å². The van der Waals surface area contributed by atoms with Crippen molar-refractivity contribution in [2.75, 3.05) is 6.61 Å². The molecule has 1 saturated heterocycles. The average molecular weight is 567 g/mol. The van der Waals surface area contributed by atoms with Gasteiger partial charge in [0.1, 0.15) is 5.82 Å². The van der Waals surface area contributed by atoms with Crippen LogP contribution in [0.4, 0.5) is 4.39 Å². The largest absolute Gasteiger partial charge is 0.378 e. The molecule has 1 aliphatic heterocycles. The molecular formula is C31H39FN4O5. The Morgan fingerprint density at radius 1 is 0.854 bits per heavy atom. The van der Waals surface area contributed by atoms with Gasteiger partial charge in [-0.2, -0.15) is 0 Å². The van der Waals surface area contributed by atoms with Crippen molar-refractivity contribution in [1.29, 1.82) is 0 Å². The van der Waals surface area contributed by atoms with Crippen molar-refractivity contribution in [3.8, 4) is 5.69 Å². The van der Waals surface area contributed by atoms with E-state index >= 15 is 0 Å². The van der Waals surface area contributed by atoms with Crippen LogP contribution in [0.1, 0.15) is 108 Å². The number of hydrogen-bond donors (Lipinski definition) is 0. The Bertz CT molecular complexity index is 1620. The van der Waals surface area contributed by atoms with Crippen molar-refractivity contribution in [1.82, 2.24) is 18.3 Å². The van der Waals surface area contributed by atoms with E-state index < -0.39 is 17.1 Å². The molecule has 3 aromatic rings. The van der Waals surface area contributed by atoms with Crippen LogP contribution in [-0.4, -0.2) is 31.0 Å². The minimum absolute atomic E-state index is 0.0274. The summed E-state index contributed by atoms with van der Waals surface area (Å²) < 4.78 is 25.5. The Morgan fingerprint density at radius 3 is 2.15 bits per heavy atom. The lowest BCUT2D eigenvalue weighted by Crippen LogP contribution is -2.46. The second-order valence-electron chi connectivity index (χ2n) is 12.1. The van der Waals surface area contributed by atoms with Crippen LogP contribution in [0.3, 0.4) is 0 Å². The van der Waals surface area contributed by atoms with Gasteiger partial charge in [-0.3, -0.25) is 23.3 Å². The Morgan fingerprint density at radius 2 is 1.54 bits per heavy atom. The summed E-state index contributed by atoms with van der Waals surface area (Å²) in [4.78, 5) is 53.8. The van der Waals surface area contributed by atoms with Gasteiger partial charge in [0.25, 0.3) is 11.1 Å². The molecule has 220 valence electrons. The minimum Gasteiger partial charge on any atom is -0.378 e. The topological polar surface area (TPSA) is 97.2 Å². The fourth-order valence-electron chi connectivity index (χ4n) is 5.84. The van der Waals surface area contributed by atoms with Crippen LogP contribution in [0.15, 0.2) is 55.8 Å². The summed E-state index contributed by atoms with van der Waals surface area (Å²) in [6.07, 6.45) is 6.29. The van der Waals surface area contributed by atoms with E-state index in [-0.39, 0.29) is 47.3 Å². The average Bonchev–Trinajstić information content (AvgIpc) is 3.75. The lowest BCUT2D eigenvalue weighted by atomic mass is 9.91. The summed E-state index contributed by atoms with van der Waals surface area (Å²) in [6, 6.07) is 4.97. The molecule has 2 fully saturated rings. The standard InChI is InChI=1S/C31H39FN4O5/c1-18(2)26-16-33(19(3)4)30(39)36(28(26)37)24-12-13-41-25(15-24)14-20(5)27-17-34(22-10-11-22)31(40)35(29(27)38)23-8-6-21(32)7-9-23/h6-9,16-20,22,24-25H,10-15H2,1-5H3. The predicted molar refractivity (Wildman–Crippen MR) is 155 cm³/mol. The summed E-state index contributed by atoms with van der Waals surface area (Å²) in [7, 11) is 0. The van der Waals surface area contributed by atoms with Gasteiger partial charge in [-0.05, 0) is 82.1 Å². The molecule has 0 N–H and O–H groups in total. The highest BCUT2D eigenvalue weighted by Gasteiger charge is 2.32. The molecule has 3 heterocycles. The zero-order chi connectivity index (χ0) is 29.6. The molecule has 2 aromatic heterocycles. The third-order valence-electron chi connectivity index (χ3n) is 8.37. The van der Waals surface area contributed by atoms with E-state index in [9.17, 15) is 23.6 Å². The van der Waals surface area contributed by atoms with Crippen LogP contribution in [-0.2, 0) is 4.74 Å². The van der Waals surface area contributed by atoms with Gasteiger partial charge >= 0.3 is 11.4 Å². The van der Waals surface area contributed by atoms with Crippen LogP contribution in [0, 0.1) is 5.82 Å². The zero-order valence-corrected chi connectivity index (χ0v) is 24.4. The summed E-state index contributed by atoms with van der Waals surface area (Å²) in [5, 5.41) is 0. The molecule has 3 atom stereocenters. The molecule has 9 nitrogen and oxygen atoms in total. The summed E-state index contributed by atoms with van der Waals surface area (Å²) in [5.74, 6) is -0.744. The van der Waals surface area contributed by atoms with E-state index in [2.05, 4.69) is 0 Å². The third kappa shape index (κ3) is 5.66. The van der Waals surface area contributed by atoms with Crippen LogP contribution in [0.25, 0.3) is 5.69 Å². The highest BCUT2D eigenvalue weighted by atomic mass is 19.1. The summed E-state index contributed by atoms with van der Waals surface area (Å²) in [6.45, 7) is 10.1. The molecule has 0 spiro atoms. The molecule has 5 rings (SSSR count). The Balaban J connectivity index is 1.47. The smallest absolute Gasteiger partial charge is 0.335 e. The van der Waals surface area contributed by atoms with Gasteiger partial charge in [-0.15, -0.1) is 0 Å². The zero-order valence-electron chi connectivity index (χ0n) is 24.4. The number of hydrogen-bond acceptors (Lipinski definition) is 5. The number of halogens is 1. The Kier molecular flexibility index (Phi) is 8.05. The van der Waals surface area contributed by atoms with Gasteiger partial charge in [0, 0.05) is 48.3 Å². The number of benzene rings is 1. The SMILES string of the molecule is CC(C)c1cn(C(C)C)c(=O)n(C2CCOC(CC(C)c3cn(C4CC4)c(=O)n(-c4ccc(F)cc4)c3=O)C2)c1=O. The van der Waals surface area contributed by atoms with Crippen molar-refractivity contribution >= 4 is 0 Å². The Hall–Kier alpha value is -3.53. The molecule has 1 aliphatic carbocycles. The molecule has 1 saturated carbocycles. The van der Waals surface area contributed by atoms with E-state index in [0.29, 0.717) is 42.7 Å². The highest BCUT2D eigenvalue weighted by Crippen LogP contribution is 2.35. The second kappa shape index (κ2) is 11.4. The van der Waals surface area contributed by atoms with Crippen LogP contribution in [0.5, 0.6) is 0 Å². The molecule has 3 unspecified atom stereocenters. The van der Waals surface area contributed by atoms with E-state index in [1.54, 1.807) is 21.5 Å². The van der Waals surface area contributed by atoms with Crippen LogP contribution in [0.2, 0.25) is 0 Å². The normalized spacial score (nSPS) is 20.1. The van der Waals surface area contributed by atoms with E-state index in [0.717, 1.165) is 17.4 Å². The number of aromatic nitrogens is 4. The molecule has 2 aliphatic rings. The van der Waals surface area contributed by atoms with E-state index in [1.165, 1.54) is 28.8 Å². The van der Waals surface area contributed by atoms with Crippen LogP contribution >= 0.6 is 0 Å². The number of nitrogens with zero attached hydrogens (tertiary/aromatic N) is 4. The fraction of sp³-hybridized carbons (Fsp3) is 0.548. The molecule has 0 bridgehead atoms. The molecule has 0 amide bonds. The van der Waals surface area contributed by atoms with Gasteiger partial charge in [0.15, 0.2) is 0 Å². The predicted octanol–water partition coefficient (Wildman–Crippen LogP) is 4.41. The number of rotatable bonds is 8. The maximum absolute atomic E-state index is 13.7. The lowest BCUT2D eigenvalue weighted by molar-refractivity contribution is -0.0146. The van der Waals surface area contributed by atoms with E-state index in [1.807, 2.05) is 34.6 Å². The highest BCUT2D eigenvalue weighted by molar-refractivity contribution is 5.33. The van der Waals surface area contributed by atoms with Gasteiger partial charge in [-0.1, -0.05) is 20.8 Å². The van der Waals surface area contributed by atoms with Gasteiger partial charge < -0.3 is 4.74 Å². The first-order valence-electron chi connectivity index (χ1n) is 14.6. The maximum Gasteiger partial charge on any atom is 0.335 e. The van der Waals surface area contributed by atoms with Crippen molar-refractivity contribution in [2.24, 2.45) is 0 Å². The molecule has 41 heavy (non-hydrogen) atoms. The van der Waals surface area contributed by atoms with Gasteiger partial charge in [0.2, 0.25) is 0 Å². The van der Waals surface area contributed by atoms with Gasteiger partial charge in [-0.25, -0.2) is 18.5 Å². The number of ether oxygens (including phenoxy) is 1. The second-order valence-corrected chi connectivity index (χ2v) is 12.1. The maximum atomic E-state index is 13.7. The van der Waals surface area contributed by atoms with Crippen molar-refractivity contribution in [3.63, 3.8) is 0 Å². The first-order chi connectivity index (χ1) is 19.5. The van der Waals surface area contributed by atoms with Crippen molar-refractivity contribution < 1.29 is 9.13 Å². The molecule has 1 aromatic carbocycles. The van der Waals surface area contributed by atoms with Crippen molar-refractivity contribution in [2.45, 2.75) is 103 Å². The summed E-state index contributed by atoms with van der Waals surface area (Å²) >= 11 is 0. The van der Waals surface area contributed by atoms with E-state index in [4.69, 9.17) is 4.74 Å². The summed E-state index contributed by atoms with van der Waals surface area (Å²) in [5.41, 5.74) is -0.0132. The quantitative estimate of drug-likeness (QED) is 0.402. The first-order valence-corrected chi connectivity index (χ1v) is 14.6. The first kappa shape index (κ1) is 29.0. The molecule has 10 heteroatoms. The lowest BCUT2D eigenvalue weighted by Gasteiger charge is -2.32. The Labute approximate surface area is 237 Å². The van der Waals surface area contributed by atoms with Crippen molar-refractivity contribution in [3.05, 3.63) is 95.3 Å². The third-order valence-corrected chi connectivity index (χ3v) is 8.37. The monoisotopic (exact) mass is 566 g/mol.